The van der Waals surface area contributed by atoms with Crippen molar-refractivity contribution in [1.82, 2.24) is 9.80 Å². The zero-order valence-electron chi connectivity index (χ0n) is 11.2. The largest absolute Gasteiger partial charge is 0.390 e. The minimum Gasteiger partial charge on any atom is -0.390 e. The van der Waals surface area contributed by atoms with Crippen molar-refractivity contribution in [3.8, 4) is 0 Å². The van der Waals surface area contributed by atoms with E-state index in [-0.39, 0.29) is 17.5 Å². The summed E-state index contributed by atoms with van der Waals surface area (Å²) in [7, 11) is -1.09. The Labute approximate surface area is 110 Å². The first-order chi connectivity index (χ1) is 8.43. The number of aliphatic hydroxyl groups is 1. The van der Waals surface area contributed by atoms with Gasteiger partial charge in [-0.1, -0.05) is 6.92 Å². The van der Waals surface area contributed by atoms with E-state index in [4.69, 9.17) is 0 Å². The van der Waals surface area contributed by atoms with Crippen LogP contribution >= 0.6 is 0 Å². The molecule has 5 nitrogen and oxygen atoms in total. The predicted octanol–water partition coefficient (Wildman–Crippen LogP) is -0.440. The third kappa shape index (κ3) is 3.04. The van der Waals surface area contributed by atoms with Gasteiger partial charge < -0.3 is 10.0 Å². The zero-order valence-corrected chi connectivity index (χ0v) is 12.1. The van der Waals surface area contributed by atoms with Gasteiger partial charge in [0.1, 0.15) is 0 Å². The zero-order chi connectivity index (χ0) is 13.3. The summed E-state index contributed by atoms with van der Waals surface area (Å²) in [5.74, 6) is 0.0362. The summed E-state index contributed by atoms with van der Waals surface area (Å²) >= 11 is 0. The number of hydrogen-bond donors (Lipinski definition) is 1. The first-order valence-corrected chi connectivity index (χ1v) is 8.58. The highest BCUT2D eigenvalue weighted by atomic mass is 32.2. The number of hydrogen-bond acceptors (Lipinski definition) is 5. The van der Waals surface area contributed by atoms with Gasteiger partial charge in [-0.2, -0.15) is 0 Å². The van der Waals surface area contributed by atoms with Crippen molar-refractivity contribution in [3.63, 3.8) is 0 Å². The summed E-state index contributed by atoms with van der Waals surface area (Å²) in [6, 6.07) is 0.189. The summed E-state index contributed by atoms with van der Waals surface area (Å²) in [5.41, 5.74) is 0. The molecule has 0 spiro atoms. The molecule has 2 atom stereocenters. The minimum absolute atomic E-state index is 0.0736. The van der Waals surface area contributed by atoms with Crippen LogP contribution in [0.1, 0.15) is 19.8 Å². The van der Waals surface area contributed by atoms with Gasteiger partial charge in [0.05, 0.1) is 23.7 Å². The number of likely N-dealkylation sites (tertiary alicyclic amines) is 1. The van der Waals surface area contributed by atoms with Crippen molar-refractivity contribution in [3.05, 3.63) is 0 Å². The van der Waals surface area contributed by atoms with Gasteiger partial charge in [0.25, 0.3) is 0 Å². The molecule has 0 radical (unpaired) electrons. The second kappa shape index (κ2) is 5.45. The van der Waals surface area contributed by atoms with Crippen molar-refractivity contribution in [2.24, 2.45) is 0 Å². The molecule has 106 valence electrons. The monoisotopic (exact) mass is 276 g/mol. The maximum atomic E-state index is 11.5. The number of likely N-dealkylation sites (N-methyl/N-ethyl adjacent to an activating group) is 1. The van der Waals surface area contributed by atoms with Crippen molar-refractivity contribution >= 4 is 9.84 Å². The van der Waals surface area contributed by atoms with Gasteiger partial charge in [0.2, 0.25) is 0 Å². The van der Waals surface area contributed by atoms with Crippen LogP contribution in [0.3, 0.4) is 0 Å². The Hall–Kier alpha value is -0.170. The van der Waals surface area contributed by atoms with Crippen LogP contribution in [-0.2, 0) is 9.84 Å². The summed E-state index contributed by atoms with van der Waals surface area (Å²) in [6.45, 7) is 5.39. The Balaban J connectivity index is 1.94. The second-order valence-electron chi connectivity index (χ2n) is 5.54. The quantitative estimate of drug-likeness (QED) is 0.757. The fourth-order valence-corrected chi connectivity index (χ4v) is 4.97. The summed E-state index contributed by atoms with van der Waals surface area (Å²) in [5, 5.41) is 9.89. The van der Waals surface area contributed by atoms with Gasteiger partial charge in [-0.15, -0.1) is 0 Å². The van der Waals surface area contributed by atoms with Crippen molar-refractivity contribution in [2.75, 3.05) is 38.2 Å². The van der Waals surface area contributed by atoms with Crippen molar-refractivity contribution in [1.29, 1.82) is 0 Å². The molecule has 2 aliphatic heterocycles. The molecule has 18 heavy (non-hydrogen) atoms. The molecule has 2 unspecified atom stereocenters. The highest BCUT2D eigenvalue weighted by Gasteiger charge is 2.41. The van der Waals surface area contributed by atoms with Crippen LogP contribution in [0.15, 0.2) is 0 Å². The van der Waals surface area contributed by atoms with Gasteiger partial charge in [-0.3, -0.25) is 4.90 Å². The summed E-state index contributed by atoms with van der Waals surface area (Å²) in [4.78, 5) is 4.51. The molecule has 0 aromatic rings. The molecule has 1 N–H and O–H groups in total. The Morgan fingerprint density at radius 3 is 2.33 bits per heavy atom. The SMILES string of the molecule is CCN1CCC(N(C)C2CS(=O)(=O)CC2O)CC1. The molecule has 2 fully saturated rings. The number of aliphatic hydroxyl groups excluding tert-OH is 1. The van der Waals surface area contributed by atoms with E-state index in [1.807, 2.05) is 7.05 Å². The van der Waals surface area contributed by atoms with Crippen molar-refractivity contribution < 1.29 is 13.5 Å². The smallest absolute Gasteiger partial charge is 0.154 e. The number of rotatable bonds is 3. The number of nitrogens with zero attached hydrogens (tertiary/aromatic N) is 2. The molecule has 0 aliphatic carbocycles. The van der Waals surface area contributed by atoms with Gasteiger partial charge >= 0.3 is 0 Å². The average molecular weight is 276 g/mol. The van der Waals surface area contributed by atoms with Crippen LogP contribution in [0, 0.1) is 0 Å². The van der Waals surface area contributed by atoms with Crippen LogP contribution in [-0.4, -0.2) is 79.7 Å². The summed E-state index contributed by atoms with van der Waals surface area (Å²) in [6.07, 6.45) is 1.41. The van der Waals surface area contributed by atoms with E-state index in [0.29, 0.717) is 6.04 Å². The third-order valence-electron chi connectivity index (χ3n) is 4.40. The maximum absolute atomic E-state index is 11.5. The van der Waals surface area contributed by atoms with Crippen LogP contribution < -0.4 is 0 Å². The van der Waals surface area contributed by atoms with E-state index >= 15 is 0 Å². The molecule has 0 aromatic heterocycles. The maximum Gasteiger partial charge on any atom is 0.154 e. The van der Waals surface area contributed by atoms with Crippen LogP contribution in [0.5, 0.6) is 0 Å². The number of piperidine rings is 1. The van der Waals surface area contributed by atoms with Crippen LogP contribution in [0.2, 0.25) is 0 Å². The van der Waals surface area contributed by atoms with Crippen LogP contribution in [0.25, 0.3) is 0 Å². The molecule has 2 saturated heterocycles. The first-order valence-electron chi connectivity index (χ1n) is 6.75. The number of sulfone groups is 1. The highest BCUT2D eigenvalue weighted by Crippen LogP contribution is 2.23. The first kappa shape index (κ1) is 14.2. The van der Waals surface area contributed by atoms with Gasteiger partial charge in [0, 0.05) is 6.04 Å². The lowest BCUT2D eigenvalue weighted by Gasteiger charge is -2.39. The second-order valence-corrected chi connectivity index (χ2v) is 7.70. The molecule has 2 aliphatic rings. The normalized spacial score (nSPS) is 34.2. The summed E-state index contributed by atoms with van der Waals surface area (Å²) < 4.78 is 23.1. The Kier molecular flexibility index (Phi) is 4.31. The van der Waals surface area contributed by atoms with Crippen LogP contribution in [0.4, 0.5) is 0 Å². The fraction of sp³-hybridized carbons (Fsp3) is 1.00. The highest BCUT2D eigenvalue weighted by molar-refractivity contribution is 7.91. The lowest BCUT2D eigenvalue weighted by molar-refractivity contribution is 0.0471. The molecular formula is C12H24N2O3S. The molecule has 0 bridgehead atoms. The minimum atomic E-state index is -3.05. The predicted molar refractivity (Wildman–Crippen MR) is 71.3 cm³/mol. The molecule has 2 rings (SSSR count). The van der Waals surface area contributed by atoms with E-state index in [1.165, 1.54) is 0 Å². The standard InChI is InChI=1S/C12H24N2O3S/c1-3-14-6-4-10(5-7-14)13(2)11-8-18(16,17)9-12(11)15/h10-12,15H,3-9H2,1-2H3. The fourth-order valence-electron chi connectivity index (χ4n) is 3.11. The van der Waals surface area contributed by atoms with Crippen molar-refractivity contribution in [2.45, 2.75) is 38.0 Å². The molecule has 2 heterocycles. The Morgan fingerprint density at radius 2 is 1.89 bits per heavy atom. The third-order valence-corrected chi connectivity index (χ3v) is 6.10. The molecule has 0 aromatic carbocycles. The average Bonchev–Trinajstić information content (AvgIpc) is 2.62. The topological polar surface area (TPSA) is 60.9 Å². The van der Waals surface area contributed by atoms with E-state index in [0.717, 1.165) is 32.5 Å². The van der Waals surface area contributed by atoms with E-state index < -0.39 is 15.9 Å². The molecular weight excluding hydrogens is 252 g/mol. The van der Waals surface area contributed by atoms with Gasteiger partial charge in [0.15, 0.2) is 9.84 Å². The van der Waals surface area contributed by atoms with Gasteiger partial charge in [-0.05, 0) is 39.5 Å². The molecule has 0 saturated carbocycles. The lowest BCUT2D eigenvalue weighted by Crippen LogP contribution is -2.50. The van der Waals surface area contributed by atoms with E-state index in [1.54, 1.807) is 0 Å². The van der Waals surface area contributed by atoms with E-state index in [2.05, 4.69) is 16.7 Å². The molecule has 0 amide bonds. The Bertz CT molecular complexity index is 377. The van der Waals surface area contributed by atoms with E-state index in [9.17, 15) is 13.5 Å². The lowest BCUT2D eigenvalue weighted by atomic mass is 10.0. The van der Waals surface area contributed by atoms with Gasteiger partial charge in [-0.25, -0.2) is 8.42 Å². The molecule has 6 heteroatoms. The Morgan fingerprint density at radius 1 is 1.28 bits per heavy atom.